The fraction of sp³-hybridized carbons (Fsp3) is 0.333. The van der Waals surface area contributed by atoms with Crippen molar-refractivity contribution in [3.05, 3.63) is 38.4 Å². The predicted octanol–water partition coefficient (Wildman–Crippen LogP) is 2.29. The highest BCUT2D eigenvalue weighted by Gasteiger charge is 2.13. The van der Waals surface area contributed by atoms with Crippen molar-refractivity contribution in [1.29, 1.82) is 0 Å². The molecule has 0 aliphatic rings. The summed E-state index contributed by atoms with van der Waals surface area (Å²) in [5, 5.41) is 0. The molecule has 2 rings (SSSR count). The highest BCUT2D eigenvalue weighted by atomic mass is 32.3. The topological polar surface area (TPSA) is 106 Å². The van der Waals surface area contributed by atoms with E-state index in [-0.39, 0.29) is 0 Å². The number of nitrogens with one attached hydrogen (secondary N) is 2. The van der Waals surface area contributed by atoms with Crippen LogP contribution < -0.4 is 11.1 Å². The van der Waals surface area contributed by atoms with Crippen LogP contribution in [-0.2, 0) is 0 Å². The Hall–Kier alpha value is -1.57. The molecule has 0 atom stereocenters. The third-order valence-corrected chi connectivity index (χ3v) is 3.71. The second-order valence-corrected chi connectivity index (χ2v) is 6.01. The smallest absolute Gasteiger partial charge is 0.314 e. The van der Waals surface area contributed by atoms with Crippen LogP contribution in [0, 0.1) is 6.92 Å². The first-order valence-electron chi connectivity index (χ1n) is 5.79. The average Bonchev–Trinajstić information content (AvgIpc) is 2.32. The van der Waals surface area contributed by atoms with Crippen LogP contribution in [0.2, 0.25) is 0 Å². The highest BCUT2D eigenvalue weighted by molar-refractivity contribution is 8.23. The number of hydrogen-bond donors (Lipinski definition) is 4. The van der Waals surface area contributed by atoms with E-state index in [1.807, 2.05) is 13.8 Å². The molecule has 4 N–H and O–H groups in total. The highest BCUT2D eigenvalue weighted by Crippen LogP contribution is 2.46. The fourth-order valence-electron chi connectivity index (χ4n) is 1.67. The summed E-state index contributed by atoms with van der Waals surface area (Å²) in [6.45, 7) is 5.70. The largest absolute Gasteiger partial charge is 0.316 e. The fourth-order valence-corrected chi connectivity index (χ4v) is 2.68. The molecule has 1 heterocycles. The summed E-state index contributed by atoms with van der Waals surface area (Å²) >= 11 is 0. The molecule has 7 heteroatoms. The van der Waals surface area contributed by atoms with Gasteiger partial charge in [0.1, 0.15) is 0 Å². The first-order chi connectivity index (χ1) is 8.79. The molecule has 106 valence electrons. The maximum absolute atomic E-state index is 11.2. The van der Waals surface area contributed by atoms with E-state index in [0.29, 0.717) is 21.5 Å². The molecule has 0 aliphatic carbocycles. The molecule has 0 unspecified atom stereocenters. The van der Waals surface area contributed by atoms with E-state index < -0.39 is 21.7 Å². The lowest BCUT2D eigenvalue weighted by Crippen LogP contribution is -2.29. The molecule has 1 aromatic carbocycles. The van der Waals surface area contributed by atoms with E-state index in [2.05, 4.69) is 9.97 Å². The Morgan fingerprint density at radius 1 is 1.00 bits per heavy atom. The van der Waals surface area contributed by atoms with Crippen LogP contribution in [-0.4, -0.2) is 25.3 Å². The number of hydrogen-bond acceptors (Lipinski definition) is 4. The Kier molecular flexibility index (Phi) is 4.56. The number of rotatable bonds is 1. The van der Waals surface area contributed by atoms with E-state index in [4.69, 9.17) is 0 Å². The van der Waals surface area contributed by atoms with E-state index in [0.717, 1.165) is 0 Å². The summed E-state index contributed by atoms with van der Waals surface area (Å²) in [6, 6.07) is 3.07. The summed E-state index contributed by atoms with van der Waals surface area (Å²) in [4.78, 5) is 27.5. The van der Waals surface area contributed by atoms with Gasteiger partial charge in [0, 0.05) is 6.26 Å². The van der Waals surface area contributed by atoms with Gasteiger partial charge >= 0.3 is 11.1 Å². The SMILES string of the molecule is CC.Cc1cc2[nH]c(=O)c(=O)[nH]c2cc1S(C)(O)O. The number of H-pyrrole nitrogens is 2. The number of benzene rings is 1. The Morgan fingerprint density at radius 3 is 1.84 bits per heavy atom. The molecule has 0 bridgehead atoms. The van der Waals surface area contributed by atoms with Gasteiger partial charge in [0.25, 0.3) is 0 Å². The number of aromatic amines is 2. The van der Waals surface area contributed by atoms with Crippen molar-refractivity contribution >= 4 is 21.6 Å². The Bertz CT molecular complexity index is 697. The predicted molar refractivity (Wildman–Crippen MR) is 78.3 cm³/mol. The molecule has 0 amide bonds. The Morgan fingerprint density at radius 2 is 1.42 bits per heavy atom. The minimum atomic E-state index is -2.86. The molecule has 2 aromatic rings. The van der Waals surface area contributed by atoms with Crippen molar-refractivity contribution < 1.29 is 9.11 Å². The second-order valence-electron chi connectivity index (χ2n) is 3.91. The van der Waals surface area contributed by atoms with Crippen LogP contribution in [0.3, 0.4) is 0 Å². The normalized spacial score (nSPS) is 11.9. The summed E-state index contributed by atoms with van der Waals surface area (Å²) in [6.07, 6.45) is 1.31. The van der Waals surface area contributed by atoms with Gasteiger partial charge in [-0.15, -0.1) is 0 Å². The summed E-state index contributed by atoms with van der Waals surface area (Å²) in [7, 11) is -2.86. The van der Waals surface area contributed by atoms with Gasteiger partial charge in [0.15, 0.2) is 0 Å². The third-order valence-electron chi connectivity index (χ3n) is 2.43. The zero-order chi connectivity index (χ0) is 14.8. The molecule has 1 aromatic heterocycles. The average molecular weight is 286 g/mol. The molecule has 6 nitrogen and oxygen atoms in total. The maximum Gasteiger partial charge on any atom is 0.314 e. The van der Waals surface area contributed by atoms with Gasteiger partial charge in [-0.25, -0.2) is 0 Å². The van der Waals surface area contributed by atoms with Crippen molar-refractivity contribution in [2.24, 2.45) is 0 Å². The van der Waals surface area contributed by atoms with Crippen LogP contribution in [0.1, 0.15) is 19.4 Å². The van der Waals surface area contributed by atoms with Crippen molar-refractivity contribution in [3.8, 4) is 0 Å². The van der Waals surface area contributed by atoms with Crippen LogP contribution in [0.25, 0.3) is 11.0 Å². The molecule has 19 heavy (non-hydrogen) atoms. The number of aromatic nitrogens is 2. The minimum absolute atomic E-state index is 0.354. The van der Waals surface area contributed by atoms with E-state index in [1.54, 1.807) is 13.0 Å². The molecule has 0 saturated carbocycles. The summed E-state index contributed by atoms with van der Waals surface area (Å²) < 4.78 is 19.3. The maximum atomic E-state index is 11.2. The minimum Gasteiger partial charge on any atom is -0.316 e. The van der Waals surface area contributed by atoms with Gasteiger partial charge in [-0.1, -0.05) is 13.8 Å². The molecule has 0 aliphatic heterocycles. The lowest BCUT2D eigenvalue weighted by atomic mass is 10.2. The Balaban J connectivity index is 0.000000861. The van der Waals surface area contributed by atoms with Crippen molar-refractivity contribution in [3.63, 3.8) is 0 Å². The van der Waals surface area contributed by atoms with Gasteiger partial charge in [0.05, 0.1) is 15.9 Å². The van der Waals surface area contributed by atoms with Gasteiger partial charge in [-0.2, -0.15) is 10.6 Å². The van der Waals surface area contributed by atoms with Crippen LogP contribution in [0.15, 0.2) is 26.6 Å². The molecular weight excluding hydrogens is 268 g/mol. The van der Waals surface area contributed by atoms with E-state index in [9.17, 15) is 18.7 Å². The lowest BCUT2D eigenvalue weighted by molar-refractivity contribution is 0.494. The van der Waals surface area contributed by atoms with Crippen LogP contribution in [0.4, 0.5) is 0 Å². The summed E-state index contributed by atoms with van der Waals surface area (Å²) in [5.41, 5.74) is -0.0214. The van der Waals surface area contributed by atoms with E-state index in [1.165, 1.54) is 12.3 Å². The quantitative estimate of drug-likeness (QED) is 0.603. The monoisotopic (exact) mass is 286 g/mol. The molecule has 0 saturated heterocycles. The molecule has 0 fully saturated rings. The van der Waals surface area contributed by atoms with Crippen molar-refractivity contribution in [2.45, 2.75) is 25.7 Å². The van der Waals surface area contributed by atoms with E-state index >= 15 is 0 Å². The van der Waals surface area contributed by atoms with Gasteiger partial charge in [0.2, 0.25) is 0 Å². The second kappa shape index (κ2) is 5.60. The molecule has 0 radical (unpaired) electrons. The number of fused-ring (bicyclic) bond motifs is 1. The van der Waals surface area contributed by atoms with Gasteiger partial charge in [-0.3, -0.25) is 18.7 Å². The Labute approximate surface area is 111 Å². The summed E-state index contributed by atoms with van der Waals surface area (Å²) in [5.74, 6) is 0. The van der Waals surface area contributed by atoms with Crippen LogP contribution >= 0.6 is 10.6 Å². The van der Waals surface area contributed by atoms with Gasteiger partial charge in [-0.05, 0) is 24.6 Å². The first-order valence-corrected chi connectivity index (χ1v) is 7.75. The third kappa shape index (κ3) is 3.25. The first kappa shape index (κ1) is 15.5. The molecule has 0 spiro atoms. The zero-order valence-electron chi connectivity index (χ0n) is 11.3. The lowest BCUT2D eigenvalue weighted by Gasteiger charge is -2.28. The standard InChI is InChI=1S/C10H12N2O4S.C2H6/c1-5-3-6-7(4-8(5)17(2,15)16)12-10(14)9(13)11-6;1-2/h3-4,15-16H,1-2H3,(H,11,13)(H,12,14);1-2H3. The zero-order valence-corrected chi connectivity index (χ0v) is 12.1. The van der Waals surface area contributed by atoms with Crippen molar-refractivity contribution in [1.82, 2.24) is 9.97 Å². The van der Waals surface area contributed by atoms with Crippen molar-refractivity contribution in [2.75, 3.05) is 6.26 Å². The van der Waals surface area contributed by atoms with Gasteiger partial charge < -0.3 is 9.97 Å². The van der Waals surface area contributed by atoms with Crippen LogP contribution in [0.5, 0.6) is 0 Å². The number of aryl methyl sites for hydroxylation is 1. The molecular formula is C12H18N2O4S.